The Hall–Kier alpha value is -2.82. The van der Waals surface area contributed by atoms with Crippen LogP contribution in [0.1, 0.15) is 36.1 Å². The van der Waals surface area contributed by atoms with E-state index in [4.69, 9.17) is 4.74 Å². The van der Waals surface area contributed by atoms with Crippen LogP contribution < -0.4 is 15.0 Å². The van der Waals surface area contributed by atoms with Crippen molar-refractivity contribution in [2.75, 3.05) is 18.1 Å². The Labute approximate surface area is 154 Å². The van der Waals surface area contributed by atoms with Crippen molar-refractivity contribution in [3.05, 3.63) is 59.2 Å². The second kappa shape index (κ2) is 7.60. The Kier molecular flexibility index (Phi) is 5.26. The van der Waals surface area contributed by atoms with Gasteiger partial charge in [-0.15, -0.1) is 0 Å². The molecule has 0 spiro atoms. The zero-order valence-electron chi connectivity index (χ0n) is 15.4. The van der Waals surface area contributed by atoms with Crippen LogP contribution in [0.3, 0.4) is 0 Å². The summed E-state index contributed by atoms with van der Waals surface area (Å²) in [7, 11) is 0. The van der Waals surface area contributed by atoms with E-state index in [1.165, 1.54) is 6.92 Å². The van der Waals surface area contributed by atoms with Crippen molar-refractivity contribution in [3.63, 3.8) is 0 Å². The molecular formula is C21H24N2O3. The summed E-state index contributed by atoms with van der Waals surface area (Å²) in [6.07, 6.45) is 0.709. The minimum atomic E-state index is -0.601. The lowest BCUT2D eigenvalue weighted by molar-refractivity contribution is -0.126. The van der Waals surface area contributed by atoms with Gasteiger partial charge in [0.25, 0.3) is 5.91 Å². The topological polar surface area (TPSA) is 58.6 Å². The molecule has 5 nitrogen and oxygen atoms in total. The molecule has 0 bridgehead atoms. The first-order chi connectivity index (χ1) is 12.5. The van der Waals surface area contributed by atoms with Crippen LogP contribution in [-0.4, -0.2) is 25.0 Å². The number of rotatable bonds is 6. The second-order valence-electron chi connectivity index (χ2n) is 6.66. The Balaban J connectivity index is 1.73. The molecule has 2 aromatic rings. The summed E-state index contributed by atoms with van der Waals surface area (Å²) in [4.78, 5) is 26.2. The van der Waals surface area contributed by atoms with Gasteiger partial charge in [0.2, 0.25) is 5.91 Å². The van der Waals surface area contributed by atoms with E-state index in [0.717, 1.165) is 28.1 Å². The summed E-state index contributed by atoms with van der Waals surface area (Å²) in [6, 6.07) is 13.1. The highest BCUT2D eigenvalue weighted by Gasteiger charge is 2.38. The fourth-order valence-electron chi connectivity index (χ4n) is 3.47. The minimum absolute atomic E-state index is 0.0800. The Morgan fingerprint density at radius 1 is 1.19 bits per heavy atom. The van der Waals surface area contributed by atoms with Crippen molar-refractivity contribution < 1.29 is 14.3 Å². The molecule has 0 fully saturated rings. The molecule has 1 N–H and O–H groups in total. The maximum atomic E-state index is 12.9. The van der Waals surface area contributed by atoms with Gasteiger partial charge in [-0.25, -0.2) is 0 Å². The highest BCUT2D eigenvalue weighted by atomic mass is 16.5. The molecule has 1 aliphatic rings. The van der Waals surface area contributed by atoms with Gasteiger partial charge in [-0.2, -0.15) is 0 Å². The number of hydrogen-bond donors (Lipinski definition) is 1. The molecule has 1 atom stereocenters. The number of para-hydroxylation sites is 1. The summed E-state index contributed by atoms with van der Waals surface area (Å²) in [6.45, 7) is 6.52. The summed E-state index contributed by atoms with van der Waals surface area (Å²) < 4.78 is 5.72. The number of ether oxygens (including phenoxy) is 1. The highest BCUT2D eigenvalue weighted by Crippen LogP contribution is 2.39. The molecule has 5 heteroatoms. The maximum Gasteiger partial charge on any atom is 0.254 e. The van der Waals surface area contributed by atoms with Crippen LogP contribution >= 0.6 is 0 Å². The maximum absolute atomic E-state index is 12.9. The quantitative estimate of drug-likeness (QED) is 0.812. The molecular weight excluding hydrogens is 328 g/mol. The van der Waals surface area contributed by atoms with Crippen molar-refractivity contribution in [1.29, 1.82) is 0 Å². The Bertz CT molecular complexity index is 818. The molecule has 0 radical (unpaired) electrons. The normalized spacial score (nSPS) is 15.7. The third-order valence-electron chi connectivity index (χ3n) is 4.45. The number of aryl methyl sites for hydroxylation is 2. The van der Waals surface area contributed by atoms with E-state index < -0.39 is 6.04 Å². The average molecular weight is 352 g/mol. The number of carbonyl (C=O) groups excluding carboxylic acids is 2. The van der Waals surface area contributed by atoms with Gasteiger partial charge in [0.1, 0.15) is 11.8 Å². The van der Waals surface area contributed by atoms with E-state index >= 15 is 0 Å². The largest absolute Gasteiger partial charge is 0.494 e. The number of nitrogens with one attached hydrogen (secondary N) is 1. The van der Waals surface area contributed by atoms with Gasteiger partial charge in [-0.3, -0.25) is 9.59 Å². The van der Waals surface area contributed by atoms with Crippen LogP contribution in [0, 0.1) is 13.8 Å². The molecule has 136 valence electrons. The summed E-state index contributed by atoms with van der Waals surface area (Å²) in [5.74, 6) is 0.537. The molecule has 0 aromatic heterocycles. The summed E-state index contributed by atoms with van der Waals surface area (Å²) in [5.41, 5.74) is 3.93. The standard InChI is InChI=1S/C21H24N2O3/c1-14-12-15(2)20-18(13-14)19(22-16(3)24)21(25)23(20)10-7-11-26-17-8-5-4-6-9-17/h4-6,8-9,12-13,19H,7,10-11H2,1-3H3,(H,22,24)/t19-/m1/s1. The zero-order valence-corrected chi connectivity index (χ0v) is 15.4. The number of amides is 2. The first-order valence-corrected chi connectivity index (χ1v) is 8.85. The minimum Gasteiger partial charge on any atom is -0.494 e. The fraction of sp³-hybridized carbons (Fsp3) is 0.333. The lowest BCUT2D eigenvalue weighted by Gasteiger charge is -2.20. The third kappa shape index (κ3) is 3.72. The van der Waals surface area contributed by atoms with Crippen LogP contribution in [0.25, 0.3) is 0 Å². The molecule has 2 amide bonds. The van der Waals surface area contributed by atoms with Crippen molar-refractivity contribution in [3.8, 4) is 5.75 Å². The van der Waals surface area contributed by atoms with Crippen LogP contribution in [0.15, 0.2) is 42.5 Å². The molecule has 26 heavy (non-hydrogen) atoms. The van der Waals surface area contributed by atoms with Gasteiger partial charge in [0.15, 0.2) is 0 Å². The van der Waals surface area contributed by atoms with Crippen molar-refractivity contribution >= 4 is 17.5 Å². The number of benzene rings is 2. The van der Waals surface area contributed by atoms with E-state index in [2.05, 4.69) is 11.4 Å². The summed E-state index contributed by atoms with van der Waals surface area (Å²) >= 11 is 0. The van der Waals surface area contributed by atoms with Crippen LogP contribution in [0.2, 0.25) is 0 Å². The monoisotopic (exact) mass is 352 g/mol. The molecule has 2 aromatic carbocycles. The van der Waals surface area contributed by atoms with E-state index in [1.807, 2.05) is 50.2 Å². The number of nitrogens with zero attached hydrogens (tertiary/aromatic N) is 1. The molecule has 0 saturated heterocycles. The average Bonchev–Trinajstić information content (AvgIpc) is 2.85. The molecule has 3 rings (SSSR count). The second-order valence-corrected chi connectivity index (χ2v) is 6.66. The molecule has 0 unspecified atom stereocenters. The van der Waals surface area contributed by atoms with E-state index in [-0.39, 0.29) is 11.8 Å². The van der Waals surface area contributed by atoms with Gasteiger partial charge in [0.05, 0.1) is 12.3 Å². The number of anilines is 1. The highest BCUT2D eigenvalue weighted by molar-refractivity contribution is 6.06. The lowest BCUT2D eigenvalue weighted by Crippen LogP contribution is -2.37. The smallest absolute Gasteiger partial charge is 0.254 e. The van der Waals surface area contributed by atoms with Crippen molar-refractivity contribution in [1.82, 2.24) is 5.32 Å². The molecule has 0 aliphatic carbocycles. The lowest BCUT2D eigenvalue weighted by atomic mass is 10.0. The van der Waals surface area contributed by atoms with Gasteiger partial charge in [-0.1, -0.05) is 35.9 Å². The van der Waals surface area contributed by atoms with Crippen LogP contribution in [-0.2, 0) is 9.59 Å². The SMILES string of the molecule is CC(=O)N[C@H]1C(=O)N(CCCOc2ccccc2)c2c(C)cc(C)cc21. The fourth-order valence-corrected chi connectivity index (χ4v) is 3.47. The van der Waals surface area contributed by atoms with Crippen LogP contribution in [0.4, 0.5) is 5.69 Å². The predicted octanol–water partition coefficient (Wildman–Crippen LogP) is 3.30. The summed E-state index contributed by atoms with van der Waals surface area (Å²) in [5, 5.41) is 2.79. The molecule has 1 aliphatic heterocycles. The van der Waals surface area contributed by atoms with Crippen molar-refractivity contribution in [2.24, 2.45) is 0 Å². The first kappa shape index (κ1) is 18.0. The number of carbonyl (C=O) groups is 2. The Morgan fingerprint density at radius 2 is 1.92 bits per heavy atom. The van der Waals surface area contributed by atoms with Gasteiger partial charge in [0, 0.05) is 19.0 Å². The molecule has 0 saturated carbocycles. The van der Waals surface area contributed by atoms with E-state index in [0.29, 0.717) is 19.6 Å². The van der Waals surface area contributed by atoms with E-state index in [1.54, 1.807) is 4.90 Å². The number of hydrogen-bond acceptors (Lipinski definition) is 3. The van der Waals surface area contributed by atoms with Crippen LogP contribution in [0.5, 0.6) is 5.75 Å². The van der Waals surface area contributed by atoms with Gasteiger partial charge in [-0.05, 0) is 38.0 Å². The van der Waals surface area contributed by atoms with Gasteiger partial charge >= 0.3 is 0 Å². The first-order valence-electron chi connectivity index (χ1n) is 8.85. The zero-order chi connectivity index (χ0) is 18.7. The van der Waals surface area contributed by atoms with Gasteiger partial charge < -0.3 is 15.0 Å². The number of fused-ring (bicyclic) bond motifs is 1. The Morgan fingerprint density at radius 3 is 2.62 bits per heavy atom. The molecule has 1 heterocycles. The predicted molar refractivity (Wildman–Crippen MR) is 101 cm³/mol. The third-order valence-corrected chi connectivity index (χ3v) is 4.45. The van der Waals surface area contributed by atoms with Crippen molar-refractivity contribution in [2.45, 2.75) is 33.2 Å². The van der Waals surface area contributed by atoms with E-state index in [9.17, 15) is 9.59 Å².